The molecule has 0 spiro atoms. The molecule has 96 valence electrons. The number of nitrogens with one attached hydrogen (secondary N) is 1. The minimum Gasteiger partial charge on any atom is -0.378 e. The molecule has 4 nitrogen and oxygen atoms in total. The predicted molar refractivity (Wildman–Crippen MR) is 66.4 cm³/mol. The smallest absolute Gasteiger partial charge is 0.225 e. The zero-order valence-corrected chi connectivity index (χ0v) is 11.2. The second kappa shape index (κ2) is 8.53. The first-order valence-corrected chi connectivity index (χ1v) is 5.97. The molecule has 0 rings (SSSR count). The van der Waals surface area contributed by atoms with Crippen molar-refractivity contribution in [3.8, 4) is 0 Å². The van der Waals surface area contributed by atoms with Gasteiger partial charge in [-0.15, -0.1) is 0 Å². The van der Waals surface area contributed by atoms with Crippen molar-refractivity contribution in [3.63, 3.8) is 0 Å². The number of rotatable bonds is 8. The molecule has 0 fully saturated rings. The number of nitrogens with zero attached hydrogens (tertiary/aromatic N) is 1. The van der Waals surface area contributed by atoms with E-state index < -0.39 is 0 Å². The van der Waals surface area contributed by atoms with Gasteiger partial charge in [0.25, 0.3) is 0 Å². The third-order valence-corrected chi connectivity index (χ3v) is 2.21. The summed E-state index contributed by atoms with van der Waals surface area (Å²) in [5, 5.41) is 2.92. The molecular formula is C12H26N2O2. The highest BCUT2D eigenvalue weighted by Crippen LogP contribution is 1.99. The molecule has 0 aromatic heterocycles. The molecule has 0 saturated heterocycles. The van der Waals surface area contributed by atoms with Crippen LogP contribution in [0.25, 0.3) is 0 Å². The molecule has 4 heteroatoms. The molecule has 0 aromatic rings. The van der Waals surface area contributed by atoms with Crippen LogP contribution in [0.2, 0.25) is 0 Å². The van der Waals surface area contributed by atoms with E-state index in [9.17, 15) is 4.79 Å². The van der Waals surface area contributed by atoms with Gasteiger partial charge in [0.1, 0.15) is 0 Å². The van der Waals surface area contributed by atoms with Crippen molar-refractivity contribution < 1.29 is 9.53 Å². The minimum absolute atomic E-state index is 0.0678. The Morgan fingerprint density at radius 1 is 1.31 bits per heavy atom. The van der Waals surface area contributed by atoms with E-state index in [0.717, 1.165) is 19.5 Å². The van der Waals surface area contributed by atoms with E-state index in [0.29, 0.717) is 6.61 Å². The van der Waals surface area contributed by atoms with E-state index in [1.54, 1.807) is 0 Å². The van der Waals surface area contributed by atoms with E-state index in [1.165, 1.54) is 0 Å². The summed E-state index contributed by atoms with van der Waals surface area (Å²) in [6.07, 6.45) is 1.17. The van der Waals surface area contributed by atoms with E-state index in [1.807, 2.05) is 34.9 Å². The Labute approximate surface area is 99.3 Å². The molecule has 1 unspecified atom stereocenters. The van der Waals surface area contributed by atoms with Gasteiger partial charge >= 0.3 is 0 Å². The third kappa shape index (κ3) is 8.68. The molecule has 1 amide bonds. The average molecular weight is 230 g/mol. The molecule has 0 aliphatic rings. The van der Waals surface area contributed by atoms with Crippen LogP contribution in [0.4, 0.5) is 0 Å². The summed E-state index contributed by atoms with van der Waals surface area (Å²) < 4.78 is 5.40. The normalized spacial score (nSPS) is 13.2. The van der Waals surface area contributed by atoms with E-state index >= 15 is 0 Å². The molecular weight excluding hydrogens is 204 g/mol. The van der Waals surface area contributed by atoms with E-state index in [2.05, 4.69) is 10.2 Å². The minimum atomic E-state index is -0.0678. The van der Waals surface area contributed by atoms with Crippen LogP contribution in [-0.2, 0) is 9.53 Å². The lowest BCUT2D eigenvalue weighted by Crippen LogP contribution is -2.33. The average Bonchev–Trinajstić information content (AvgIpc) is 2.20. The Balaban J connectivity index is 3.55. The summed E-state index contributed by atoms with van der Waals surface area (Å²) in [5.74, 6) is 0.0150. The molecule has 16 heavy (non-hydrogen) atoms. The van der Waals surface area contributed by atoms with Crippen LogP contribution < -0.4 is 5.32 Å². The molecule has 0 aromatic carbocycles. The first-order chi connectivity index (χ1) is 7.43. The zero-order valence-electron chi connectivity index (χ0n) is 11.2. The number of hydrogen-bond acceptors (Lipinski definition) is 3. The molecule has 0 aliphatic carbocycles. The van der Waals surface area contributed by atoms with E-state index in [-0.39, 0.29) is 17.9 Å². The lowest BCUT2D eigenvalue weighted by atomic mass is 10.2. The van der Waals surface area contributed by atoms with Crippen LogP contribution in [-0.4, -0.2) is 50.7 Å². The van der Waals surface area contributed by atoms with Crippen LogP contribution in [0.5, 0.6) is 0 Å². The van der Waals surface area contributed by atoms with Gasteiger partial charge in [-0.05, 0) is 40.9 Å². The van der Waals surface area contributed by atoms with Crippen LogP contribution in [0.3, 0.4) is 0 Å². The van der Waals surface area contributed by atoms with Crippen molar-refractivity contribution in [2.45, 2.75) is 33.3 Å². The van der Waals surface area contributed by atoms with Crippen molar-refractivity contribution in [1.29, 1.82) is 0 Å². The van der Waals surface area contributed by atoms with Gasteiger partial charge in [0.2, 0.25) is 5.91 Å². The molecule has 1 atom stereocenters. The Morgan fingerprint density at radius 3 is 2.44 bits per heavy atom. The highest BCUT2D eigenvalue weighted by molar-refractivity contribution is 5.78. The predicted octanol–water partition coefficient (Wildman–Crippen LogP) is 1.12. The molecule has 0 bridgehead atoms. The third-order valence-electron chi connectivity index (χ3n) is 2.21. The molecule has 0 saturated carbocycles. The summed E-state index contributed by atoms with van der Waals surface area (Å²) >= 11 is 0. The van der Waals surface area contributed by atoms with Crippen LogP contribution in [0.15, 0.2) is 0 Å². The lowest BCUT2D eigenvalue weighted by molar-refractivity contribution is -0.126. The number of carbonyl (C=O) groups excluding carboxylic acids is 1. The van der Waals surface area contributed by atoms with Gasteiger partial charge in [-0.2, -0.15) is 0 Å². The number of amides is 1. The van der Waals surface area contributed by atoms with Crippen molar-refractivity contribution in [1.82, 2.24) is 10.2 Å². The maximum atomic E-state index is 11.6. The maximum Gasteiger partial charge on any atom is 0.225 e. The summed E-state index contributed by atoms with van der Waals surface area (Å²) in [4.78, 5) is 13.7. The van der Waals surface area contributed by atoms with Gasteiger partial charge in [-0.25, -0.2) is 0 Å². The fourth-order valence-corrected chi connectivity index (χ4v) is 1.19. The number of carbonyl (C=O) groups is 1. The van der Waals surface area contributed by atoms with Gasteiger partial charge in [0, 0.05) is 6.54 Å². The maximum absolute atomic E-state index is 11.6. The molecule has 1 N–H and O–H groups in total. The summed E-state index contributed by atoms with van der Waals surface area (Å²) in [6, 6.07) is 0. The summed E-state index contributed by atoms with van der Waals surface area (Å²) in [5.41, 5.74) is 0. The van der Waals surface area contributed by atoms with Crippen molar-refractivity contribution in [2.75, 3.05) is 33.8 Å². The Morgan fingerprint density at radius 2 is 1.94 bits per heavy atom. The van der Waals surface area contributed by atoms with Crippen molar-refractivity contribution in [3.05, 3.63) is 0 Å². The van der Waals surface area contributed by atoms with Gasteiger partial charge in [0.15, 0.2) is 0 Å². The van der Waals surface area contributed by atoms with Gasteiger partial charge in [-0.1, -0.05) is 6.92 Å². The zero-order chi connectivity index (χ0) is 12.6. The topological polar surface area (TPSA) is 41.6 Å². The van der Waals surface area contributed by atoms with Crippen LogP contribution in [0, 0.1) is 5.92 Å². The number of ether oxygens (including phenoxy) is 1. The fraction of sp³-hybridized carbons (Fsp3) is 0.917. The molecule has 0 heterocycles. The van der Waals surface area contributed by atoms with Crippen molar-refractivity contribution in [2.24, 2.45) is 5.92 Å². The summed E-state index contributed by atoms with van der Waals surface area (Å²) in [7, 11) is 4.06. The lowest BCUT2D eigenvalue weighted by Gasteiger charge is -2.15. The molecule has 0 radical (unpaired) electrons. The van der Waals surface area contributed by atoms with Crippen molar-refractivity contribution >= 4 is 5.91 Å². The second-order valence-electron chi connectivity index (χ2n) is 4.73. The first kappa shape index (κ1) is 15.4. The highest BCUT2D eigenvalue weighted by atomic mass is 16.5. The first-order valence-electron chi connectivity index (χ1n) is 5.97. The Hall–Kier alpha value is -0.610. The largest absolute Gasteiger partial charge is 0.378 e. The van der Waals surface area contributed by atoms with Gasteiger partial charge in [-0.3, -0.25) is 4.79 Å². The molecule has 0 aliphatic heterocycles. The quantitative estimate of drug-likeness (QED) is 0.635. The standard InChI is InChI=1S/C12H26N2O2/c1-10(2)16-9-11(3)12(15)13-7-6-8-14(4)5/h10-11H,6-9H2,1-5H3,(H,13,15). The van der Waals surface area contributed by atoms with Gasteiger partial charge < -0.3 is 15.0 Å². The van der Waals surface area contributed by atoms with E-state index in [4.69, 9.17) is 4.74 Å². The highest BCUT2D eigenvalue weighted by Gasteiger charge is 2.12. The van der Waals surface area contributed by atoms with Crippen LogP contribution in [0.1, 0.15) is 27.2 Å². The fourth-order valence-electron chi connectivity index (χ4n) is 1.19. The van der Waals surface area contributed by atoms with Gasteiger partial charge in [0.05, 0.1) is 18.6 Å². The summed E-state index contributed by atoms with van der Waals surface area (Å²) in [6.45, 7) is 8.07. The van der Waals surface area contributed by atoms with Crippen LogP contribution >= 0.6 is 0 Å². The number of hydrogen-bond donors (Lipinski definition) is 1. The SMILES string of the molecule is CC(C)OCC(C)C(=O)NCCCN(C)C. The second-order valence-corrected chi connectivity index (χ2v) is 4.73. The Bertz CT molecular complexity index is 193. The monoisotopic (exact) mass is 230 g/mol. The Kier molecular flexibility index (Phi) is 8.21.